The lowest BCUT2D eigenvalue weighted by Gasteiger charge is -2.10. The molecule has 158 valence electrons. The Balaban J connectivity index is 1.61. The molecule has 0 atom stereocenters. The molecule has 0 saturated heterocycles. The van der Waals surface area contributed by atoms with Gasteiger partial charge in [-0.2, -0.15) is 18.3 Å². The maximum atomic E-state index is 12.7. The molecule has 3 N–H and O–H groups in total. The van der Waals surface area contributed by atoms with Gasteiger partial charge >= 0.3 is 6.18 Å². The molecule has 3 aromatic heterocycles. The second-order valence-electron chi connectivity index (χ2n) is 6.36. The minimum absolute atomic E-state index is 0.0428. The summed E-state index contributed by atoms with van der Waals surface area (Å²) in [6, 6.07) is 12.9. The number of nitrogens with one attached hydrogen (secondary N) is 1. The first kappa shape index (κ1) is 20.9. The highest BCUT2D eigenvalue weighted by atomic mass is 35.5. The summed E-state index contributed by atoms with van der Waals surface area (Å²) in [5.74, 6) is -0.619. The molecule has 4 rings (SSSR count). The predicted molar refractivity (Wildman–Crippen MR) is 113 cm³/mol. The number of carbonyl (C=O) groups is 1. The van der Waals surface area contributed by atoms with Crippen LogP contribution in [0.4, 0.5) is 24.8 Å². The van der Waals surface area contributed by atoms with Gasteiger partial charge in [0, 0.05) is 16.6 Å². The number of aromatic nitrogens is 3. The van der Waals surface area contributed by atoms with Gasteiger partial charge in [-0.05, 0) is 30.3 Å². The van der Waals surface area contributed by atoms with Gasteiger partial charge in [-0.25, -0.2) is 9.67 Å². The second-order valence-corrected chi connectivity index (χ2v) is 8.08. The van der Waals surface area contributed by atoms with E-state index in [0.717, 1.165) is 22.6 Å². The molecule has 0 spiro atoms. The molecule has 4 aromatic rings. The minimum atomic E-state index is -4.51. The van der Waals surface area contributed by atoms with Gasteiger partial charge in [0.1, 0.15) is 17.2 Å². The first-order valence-electron chi connectivity index (χ1n) is 8.77. The number of rotatable bonds is 4. The Hall–Kier alpha value is -3.37. The first-order valence-corrected chi connectivity index (χ1v) is 9.96. The van der Waals surface area contributed by atoms with Crippen LogP contribution in [0.5, 0.6) is 0 Å². The average molecular weight is 464 g/mol. The molecule has 1 aromatic carbocycles. The molecule has 0 bridgehead atoms. The smallest absolute Gasteiger partial charge is 0.383 e. The maximum Gasteiger partial charge on any atom is 0.417 e. The molecule has 0 radical (unpaired) electrons. The van der Waals surface area contributed by atoms with Gasteiger partial charge in [-0.15, -0.1) is 11.3 Å². The van der Waals surface area contributed by atoms with Crippen LogP contribution in [0.2, 0.25) is 4.34 Å². The van der Waals surface area contributed by atoms with E-state index in [9.17, 15) is 18.0 Å². The Morgan fingerprint density at radius 2 is 1.87 bits per heavy atom. The van der Waals surface area contributed by atoms with Crippen molar-refractivity contribution in [3.8, 4) is 16.1 Å². The molecule has 31 heavy (non-hydrogen) atoms. The topological polar surface area (TPSA) is 85.8 Å². The zero-order valence-electron chi connectivity index (χ0n) is 15.5. The van der Waals surface area contributed by atoms with E-state index in [0.29, 0.717) is 16.2 Å². The third-order valence-electron chi connectivity index (χ3n) is 4.35. The zero-order valence-corrected chi connectivity index (χ0v) is 17.1. The molecule has 1 amide bonds. The highest BCUT2D eigenvalue weighted by Crippen LogP contribution is 2.35. The average Bonchev–Trinajstić information content (AvgIpc) is 3.33. The van der Waals surface area contributed by atoms with Crippen LogP contribution in [-0.4, -0.2) is 20.7 Å². The third kappa shape index (κ3) is 4.25. The summed E-state index contributed by atoms with van der Waals surface area (Å²) in [6.45, 7) is 0. The summed E-state index contributed by atoms with van der Waals surface area (Å²) in [5.41, 5.74) is 6.78. The molecule has 0 aliphatic rings. The van der Waals surface area contributed by atoms with Crippen molar-refractivity contribution in [1.29, 1.82) is 0 Å². The normalized spacial score (nSPS) is 11.5. The molecule has 0 fully saturated rings. The van der Waals surface area contributed by atoms with E-state index in [1.807, 2.05) is 18.2 Å². The second kappa shape index (κ2) is 8.05. The number of para-hydroxylation sites is 1. The number of thiophene rings is 1. The summed E-state index contributed by atoms with van der Waals surface area (Å²) in [4.78, 5) is 17.1. The molecule has 0 saturated carbocycles. The SMILES string of the molecule is Nc1c(C(=O)Nc2ccc(C(F)(F)F)cn2)cnn1-c1ccccc1-c1ccc(Cl)s1. The van der Waals surface area contributed by atoms with Crippen molar-refractivity contribution in [3.63, 3.8) is 0 Å². The molecule has 3 heterocycles. The third-order valence-corrected chi connectivity index (χ3v) is 5.62. The van der Waals surface area contributed by atoms with Crippen molar-refractivity contribution in [1.82, 2.24) is 14.8 Å². The Kier molecular flexibility index (Phi) is 5.42. The van der Waals surface area contributed by atoms with Crippen LogP contribution in [0.1, 0.15) is 15.9 Å². The van der Waals surface area contributed by atoms with E-state index >= 15 is 0 Å². The van der Waals surface area contributed by atoms with Crippen molar-refractivity contribution >= 4 is 40.5 Å². The van der Waals surface area contributed by atoms with Gasteiger partial charge in [0.25, 0.3) is 5.91 Å². The maximum absolute atomic E-state index is 12.7. The zero-order chi connectivity index (χ0) is 22.2. The quantitative estimate of drug-likeness (QED) is 0.418. The van der Waals surface area contributed by atoms with E-state index in [4.69, 9.17) is 17.3 Å². The molecular weight excluding hydrogens is 451 g/mol. The number of carbonyl (C=O) groups excluding carboxylic acids is 1. The fraction of sp³-hybridized carbons (Fsp3) is 0.0500. The Morgan fingerprint density at radius 3 is 2.52 bits per heavy atom. The standard InChI is InChI=1S/C20H13ClF3N5OS/c21-16-7-6-15(31-16)12-3-1-2-4-14(12)29-18(25)13(10-27-29)19(30)28-17-8-5-11(9-26-17)20(22,23)24/h1-10H,25H2,(H,26,28,30). The molecule has 0 unspecified atom stereocenters. The van der Waals surface area contributed by atoms with Gasteiger partial charge in [-0.3, -0.25) is 4.79 Å². The molecule has 11 heteroatoms. The van der Waals surface area contributed by atoms with Gasteiger partial charge in [0.2, 0.25) is 0 Å². The monoisotopic (exact) mass is 463 g/mol. The van der Waals surface area contributed by atoms with E-state index < -0.39 is 17.6 Å². The number of pyridine rings is 1. The van der Waals surface area contributed by atoms with Crippen LogP contribution >= 0.6 is 22.9 Å². The lowest BCUT2D eigenvalue weighted by Crippen LogP contribution is -2.15. The lowest BCUT2D eigenvalue weighted by atomic mass is 10.1. The fourth-order valence-corrected chi connectivity index (χ4v) is 3.95. The summed E-state index contributed by atoms with van der Waals surface area (Å²) in [5, 5.41) is 6.65. The number of nitrogens with two attached hydrogens (primary N) is 1. The van der Waals surface area contributed by atoms with Crippen LogP contribution < -0.4 is 11.1 Å². The van der Waals surface area contributed by atoms with Crippen molar-refractivity contribution in [2.45, 2.75) is 6.18 Å². The van der Waals surface area contributed by atoms with Crippen LogP contribution in [0.15, 0.2) is 60.9 Å². The number of hydrogen-bond acceptors (Lipinski definition) is 5. The highest BCUT2D eigenvalue weighted by Gasteiger charge is 2.30. The van der Waals surface area contributed by atoms with Crippen LogP contribution in [0.3, 0.4) is 0 Å². The van der Waals surface area contributed by atoms with Crippen LogP contribution in [0.25, 0.3) is 16.1 Å². The predicted octanol–water partition coefficient (Wildman–Crippen LogP) is 5.50. The van der Waals surface area contributed by atoms with Gasteiger partial charge in [-0.1, -0.05) is 29.8 Å². The summed E-state index contributed by atoms with van der Waals surface area (Å²) >= 11 is 7.44. The fourth-order valence-electron chi connectivity index (χ4n) is 2.87. The minimum Gasteiger partial charge on any atom is -0.383 e. The Morgan fingerprint density at radius 1 is 1.10 bits per heavy atom. The summed E-state index contributed by atoms with van der Waals surface area (Å²) in [7, 11) is 0. The lowest BCUT2D eigenvalue weighted by molar-refractivity contribution is -0.137. The molecule has 0 aliphatic heterocycles. The van der Waals surface area contributed by atoms with E-state index in [-0.39, 0.29) is 17.2 Å². The number of hydrogen-bond donors (Lipinski definition) is 2. The number of nitrogens with zero attached hydrogens (tertiary/aromatic N) is 3. The molecule has 6 nitrogen and oxygen atoms in total. The van der Waals surface area contributed by atoms with E-state index in [1.165, 1.54) is 22.2 Å². The van der Waals surface area contributed by atoms with E-state index in [2.05, 4.69) is 15.4 Å². The number of halogens is 4. The first-order chi connectivity index (χ1) is 14.7. The van der Waals surface area contributed by atoms with Gasteiger partial charge in [0.15, 0.2) is 0 Å². The number of anilines is 2. The number of alkyl halides is 3. The number of nitrogen functional groups attached to an aromatic ring is 1. The van der Waals surface area contributed by atoms with Crippen LogP contribution in [-0.2, 0) is 6.18 Å². The number of amides is 1. The van der Waals surface area contributed by atoms with E-state index in [1.54, 1.807) is 18.2 Å². The van der Waals surface area contributed by atoms with Crippen LogP contribution in [0, 0.1) is 0 Å². The van der Waals surface area contributed by atoms with Gasteiger partial charge < -0.3 is 11.1 Å². The summed E-state index contributed by atoms with van der Waals surface area (Å²) in [6.07, 6.45) is -2.58. The van der Waals surface area contributed by atoms with Crippen molar-refractivity contribution < 1.29 is 18.0 Å². The van der Waals surface area contributed by atoms with Crippen molar-refractivity contribution in [3.05, 3.63) is 76.4 Å². The van der Waals surface area contributed by atoms with Crippen molar-refractivity contribution in [2.24, 2.45) is 0 Å². The Labute approximate surface area is 183 Å². The van der Waals surface area contributed by atoms with Crippen molar-refractivity contribution in [2.75, 3.05) is 11.1 Å². The number of benzene rings is 1. The summed E-state index contributed by atoms with van der Waals surface area (Å²) < 4.78 is 40.0. The Bertz CT molecular complexity index is 1250. The molecular formula is C20H13ClF3N5OS. The van der Waals surface area contributed by atoms with Gasteiger partial charge in [0.05, 0.1) is 21.8 Å². The largest absolute Gasteiger partial charge is 0.417 e. The molecule has 0 aliphatic carbocycles. The highest BCUT2D eigenvalue weighted by molar-refractivity contribution is 7.19.